The molecule has 1 aromatic heterocycles. The summed E-state index contributed by atoms with van der Waals surface area (Å²) in [5, 5.41) is 6.59. The molecule has 2 aromatic rings. The van der Waals surface area contributed by atoms with Crippen molar-refractivity contribution < 1.29 is 9.53 Å². The summed E-state index contributed by atoms with van der Waals surface area (Å²) in [6.45, 7) is 5.78. The molecule has 0 spiro atoms. The van der Waals surface area contributed by atoms with Gasteiger partial charge in [0, 0.05) is 23.2 Å². The minimum Gasteiger partial charge on any atom is -0.497 e. The second kappa shape index (κ2) is 5.36. The maximum absolute atomic E-state index is 12.0. The van der Waals surface area contributed by atoms with Crippen LogP contribution >= 0.6 is 0 Å². The number of carbonyl (C=O) groups is 1. The number of fused-ring (bicyclic) bond motifs is 1. The van der Waals surface area contributed by atoms with E-state index >= 15 is 0 Å². The van der Waals surface area contributed by atoms with Gasteiger partial charge in [-0.25, -0.2) is 4.79 Å². The van der Waals surface area contributed by atoms with E-state index in [0.717, 1.165) is 10.9 Å². The Bertz CT molecular complexity index is 633. The number of rotatable bonds is 2. The van der Waals surface area contributed by atoms with E-state index in [0.29, 0.717) is 11.4 Å². The van der Waals surface area contributed by atoms with Crippen molar-refractivity contribution in [1.29, 1.82) is 0 Å². The van der Waals surface area contributed by atoms with Crippen LogP contribution in [0.3, 0.4) is 0 Å². The first kappa shape index (κ1) is 14.1. The van der Waals surface area contributed by atoms with E-state index in [9.17, 15) is 4.79 Å². The molecule has 2 rings (SSSR count). The lowest BCUT2D eigenvalue weighted by molar-refractivity contribution is 0.244. The highest BCUT2D eigenvalue weighted by molar-refractivity contribution is 6.00. The Balaban J connectivity index is 2.35. The molecule has 0 bridgehead atoms. The molecule has 0 fully saturated rings. The lowest BCUT2D eigenvalue weighted by Gasteiger charge is -2.21. The number of hydrogen-bond donors (Lipinski definition) is 2. The van der Waals surface area contributed by atoms with Crippen LogP contribution in [0.5, 0.6) is 5.75 Å². The normalized spacial score (nSPS) is 11.2. The molecule has 5 nitrogen and oxygen atoms in total. The molecule has 1 heterocycles. The highest BCUT2D eigenvalue weighted by atomic mass is 16.5. The van der Waals surface area contributed by atoms with Crippen molar-refractivity contribution in [3.05, 3.63) is 30.5 Å². The fourth-order valence-electron chi connectivity index (χ4n) is 1.87. The maximum Gasteiger partial charge on any atom is 0.319 e. The van der Waals surface area contributed by atoms with Gasteiger partial charge < -0.3 is 15.4 Å². The minimum absolute atomic E-state index is 0.266. The Morgan fingerprint density at radius 2 is 2.05 bits per heavy atom. The average Bonchev–Trinajstić information content (AvgIpc) is 2.36. The van der Waals surface area contributed by atoms with Crippen molar-refractivity contribution in [2.24, 2.45) is 0 Å². The van der Waals surface area contributed by atoms with Crippen molar-refractivity contribution in [2.45, 2.75) is 26.3 Å². The van der Waals surface area contributed by atoms with Crippen LogP contribution in [0.15, 0.2) is 30.5 Å². The lowest BCUT2D eigenvalue weighted by atomic mass is 10.1. The minimum atomic E-state index is -0.299. The van der Waals surface area contributed by atoms with Gasteiger partial charge in [-0.3, -0.25) is 4.98 Å². The number of urea groups is 1. The number of amides is 2. The van der Waals surface area contributed by atoms with Gasteiger partial charge in [0.1, 0.15) is 5.75 Å². The smallest absolute Gasteiger partial charge is 0.319 e. The van der Waals surface area contributed by atoms with Gasteiger partial charge in [-0.15, -0.1) is 0 Å². The van der Waals surface area contributed by atoms with Crippen molar-refractivity contribution in [2.75, 3.05) is 12.4 Å². The Morgan fingerprint density at radius 3 is 2.70 bits per heavy atom. The molecule has 1 aromatic carbocycles. The Kier molecular flexibility index (Phi) is 3.79. The van der Waals surface area contributed by atoms with Crippen molar-refractivity contribution in [3.8, 4) is 5.75 Å². The first-order valence-corrected chi connectivity index (χ1v) is 6.41. The largest absolute Gasteiger partial charge is 0.497 e. The molecule has 0 saturated carbocycles. The molecular formula is C15H19N3O2. The molecule has 2 amide bonds. The molecule has 2 N–H and O–H groups in total. The number of ether oxygens (including phenoxy) is 1. The highest BCUT2D eigenvalue weighted by Gasteiger charge is 2.15. The third-order valence-electron chi connectivity index (χ3n) is 2.65. The Morgan fingerprint density at radius 1 is 1.30 bits per heavy atom. The molecule has 0 aliphatic rings. The van der Waals surface area contributed by atoms with Crippen LogP contribution < -0.4 is 15.4 Å². The molecule has 0 atom stereocenters. The monoisotopic (exact) mass is 273 g/mol. The van der Waals surface area contributed by atoms with Gasteiger partial charge in [-0.05, 0) is 32.9 Å². The van der Waals surface area contributed by atoms with Crippen molar-refractivity contribution in [1.82, 2.24) is 10.3 Å². The zero-order chi connectivity index (χ0) is 14.8. The Hall–Kier alpha value is -2.30. The maximum atomic E-state index is 12.0. The third-order valence-corrected chi connectivity index (χ3v) is 2.65. The van der Waals surface area contributed by atoms with Crippen LogP contribution in [0.25, 0.3) is 10.9 Å². The summed E-state index contributed by atoms with van der Waals surface area (Å²) in [6, 6.07) is 7.16. The number of benzene rings is 1. The highest BCUT2D eigenvalue weighted by Crippen LogP contribution is 2.27. The number of carbonyl (C=O) groups excluding carboxylic acids is 1. The van der Waals surface area contributed by atoms with Crippen LogP contribution in [0.4, 0.5) is 10.5 Å². The first-order valence-electron chi connectivity index (χ1n) is 6.41. The predicted molar refractivity (Wildman–Crippen MR) is 80.2 cm³/mol. The molecule has 20 heavy (non-hydrogen) atoms. The molecule has 0 unspecified atom stereocenters. The van der Waals surface area contributed by atoms with Crippen molar-refractivity contribution in [3.63, 3.8) is 0 Å². The topological polar surface area (TPSA) is 63.2 Å². The van der Waals surface area contributed by atoms with Gasteiger partial charge in [0.2, 0.25) is 0 Å². The third kappa shape index (κ3) is 3.38. The molecular weight excluding hydrogens is 254 g/mol. The summed E-state index contributed by atoms with van der Waals surface area (Å²) in [5.74, 6) is 0.677. The average molecular weight is 273 g/mol. The van der Waals surface area contributed by atoms with Gasteiger partial charge in [0.25, 0.3) is 0 Å². The summed E-state index contributed by atoms with van der Waals surface area (Å²) in [5.41, 5.74) is 1.06. The van der Waals surface area contributed by atoms with E-state index in [2.05, 4.69) is 15.6 Å². The summed E-state index contributed by atoms with van der Waals surface area (Å²) in [7, 11) is 1.59. The van der Waals surface area contributed by atoms with E-state index in [1.807, 2.05) is 39.0 Å². The SMILES string of the molecule is COc1cc(NC(=O)NC(C)(C)C)c2ncccc2c1. The summed E-state index contributed by atoms with van der Waals surface area (Å²) >= 11 is 0. The summed E-state index contributed by atoms with van der Waals surface area (Å²) in [6.07, 6.45) is 1.70. The molecule has 0 radical (unpaired) electrons. The number of pyridine rings is 1. The van der Waals surface area contributed by atoms with Gasteiger partial charge in [0.15, 0.2) is 0 Å². The molecule has 0 aliphatic heterocycles. The van der Waals surface area contributed by atoms with Crippen LogP contribution in [-0.2, 0) is 0 Å². The summed E-state index contributed by atoms with van der Waals surface area (Å²) < 4.78 is 5.25. The number of nitrogens with zero attached hydrogens (tertiary/aromatic N) is 1. The number of methoxy groups -OCH3 is 1. The number of aromatic nitrogens is 1. The fraction of sp³-hybridized carbons (Fsp3) is 0.333. The van der Waals surface area contributed by atoms with Crippen LogP contribution in [0.1, 0.15) is 20.8 Å². The number of hydrogen-bond acceptors (Lipinski definition) is 3. The quantitative estimate of drug-likeness (QED) is 0.883. The van der Waals surface area contributed by atoms with Gasteiger partial charge in [-0.1, -0.05) is 6.07 Å². The lowest BCUT2D eigenvalue weighted by Crippen LogP contribution is -2.43. The van der Waals surface area contributed by atoms with Gasteiger partial charge in [0.05, 0.1) is 18.3 Å². The van der Waals surface area contributed by atoms with E-state index in [4.69, 9.17) is 4.74 Å². The second-order valence-electron chi connectivity index (χ2n) is 5.58. The van der Waals surface area contributed by atoms with E-state index in [1.165, 1.54) is 0 Å². The van der Waals surface area contributed by atoms with Crippen molar-refractivity contribution >= 4 is 22.6 Å². The van der Waals surface area contributed by atoms with Crippen LogP contribution in [0.2, 0.25) is 0 Å². The van der Waals surface area contributed by atoms with Crippen LogP contribution in [-0.4, -0.2) is 23.7 Å². The zero-order valence-electron chi connectivity index (χ0n) is 12.2. The zero-order valence-corrected chi connectivity index (χ0v) is 12.2. The van der Waals surface area contributed by atoms with Crippen LogP contribution in [0, 0.1) is 0 Å². The number of nitrogens with one attached hydrogen (secondary N) is 2. The molecule has 0 aliphatic carbocycles. The molecule has 106 valence electrons. The molecule has 5 heteroatoms. The van der Waals surface area contributed by atoms with E-state index in [1.54, 1.807) is 19.4 Å². The second-order valence-corrected chi connectivity index (χ2v) is 5.58. The first-order chi connectivity index (χ1) is 9.39. The molecule has 0 saturated heterocycles. The van der Waals surface area contributed by atoms with Gasteiger partial charge >= 0.3 is 6.03 Å². The van der Waals surface area contributed by atoms with Gasteiger partial charge in [-0.2, -0.15) is 0 Å². The number of anilines is 1. The fourth-order valence-corrected chi connectivity index (χ4v) is 1.87. The van der Waals surface area contributed by atoms with E-state index in [-0.39, 0.29) is 11.6 Å². The van der Waals surface area contributed by atoms with E-state index < -0.39 is 0 Å². The summed E-state index contributed by atoms with van der Waals surface area (Å²) in [4.78, 5) is 16.3. The Labute approximate surface area is 118 Å². The predicted octanol–water partition coefficient (Wildman–Crippen LogP) is 3.16. The standard InChI is InChI=1S/C15H19N3O2/c1-15(2,3)18-14(19)17-12-9-11(20-4)8-10-6-5-7-16-13(10)12/h5-9H,1-4H3,(H2,17,18,19).